The summed E-state index contributed by atoms with van der Waals surface area (Å²) in [5.41, 5.74) is 2.48. The van der Waals surface area contributed by atoms with Crippen molar-refractivity contribution in [2.24, 2.45) is 0 Å². The number of para-hydroxylation sites is 3. The summed E-state index contributed by atoms with van der Waals surface area (Å²) in [5.74, 6) is 0.463. The van der Waals surface area contributed by atoms with Gasteiger partial charge in [0.25, 0.3) is 5.91 Å². The van der Waals surface area contributed by atoms with E-state index >= 15 is 0 Å². The van der Waals surface area contributed by atoms with Crippen molar-refractivity contribution in [1.82, 2.24) is 9.55 Å². The molecule has 114 valence electrons. The molecule has 0 saturated carbocycles. The van der Waals surface area contributed by atoms with Gasteiger partial charge >= 0.3 is 0 Å². The van der Waals surface area contributed by atoms with E-state index in [2.05, 4.69) is 10.3 Å². The van der Waals surface area contributed by atoms with Crippen LogP contribution in [0.2, 0.25) is 5.02 Å². The lowest BCUT2D eigenvalue weighted by molar-refractivity contribution is 0.101. The topological polar surface area (TPSA) is 56.2 Å². The minimum absolute atomic E-state index is 0.294. The lowest BCUT2D eigenvalue weighted by Crippen LogP contribution is -2.19. The lowest BCUT2D eigenvalue weighted by Gasteiger charge is -2.20. The summed E-state index contributed by atoms with van der Waals surface area (Å²) in [6, 6.07) is 14.7. The molecule has 1 aromatic heterocycles. The molecule has 0 radical (unpaired) electrons. The third kappa shape index (κ3) is 2.35. The number of carbonyl (C=O) groups is 1. The van der Waals surface area contributed by atoms with E-state index in [9.17, 15) is 4.79 Å². The van der Waals surface area contributed by atoms with Crippen LogP contribution in [0, 0.1) is 0 Å². The third-order valence-electron chi connectivity index (χ3n) is 3.69. The second-order valence-corrected chi connectivity index (χ2v) is 5.51. The van der Waals surface area contributed by atoms with Crippen LogP contribution in [0.1, 0.15) is 16.2 Å². The summed E-state index contributed by atoms with van der Waals surface area (Å²) in [4.78, 5) is 16.8. The van der Waals surface area contributed by atoms with Crippen molar-refractivity contribution in [3.05, 3.63) is 71.3 Å². The third-order valence-corrected chi connectivity index (χ3v) is 4.02. The molecule has 1 aliphatic heterocycles. The number of imidazole rings is 1. The van der Waals surface area contributed by atoms with Crippen molar-refractivity contribution >= 4 is 23.2 Å². The summed E-state index contributed by atoms with van der Waals surface area (Å²) >= 11 is 6.08. The Labute approximate surface area is 137 Å². The van der Waals surface area contributed by atoms with Crippen molar-refractivity contribution in [3.63, 3.8) is 0 Å². The van der Waals surface area contributed by atoms with Gasteiger partial charge in [0, 0.05) is 0 Å². The number of aromatic nitrogens is 2. The van der Waals surface area contributed by atoms with E-state index in [4.69, 9.17) is 16.3 Å². The average molecular weight is 326 g/mol. The number of rotatable bonds is 2. The normalized spacial score (nSPS) is 12.0. The van der Waals surface area contributed by atoms with Crippen LogP contribution in [0.4, 0.5) is 5.69 Å². The number of nitrogens with zero attached hydrogens (tertiary/aromatic N) is 2. The first kappa shape index (κ1) is 13.8. The van der Waals surface area contributed by atoms with Crippen LogP contribution in [0.15, 0.2) is 54.9 Å². The fraction of sp³-hybridized carbons (Fsp3) is 0.0588. The molecule has 0 atom stereocenters. The van der Waals surface area contributed by atoms with Crippen LogP contribution < -0.4 is 10.1 Å². The first-order valence-corrected chi connectivity index (χ1v) is 7.46. The number of hydrogen-bond acceptors (Lipinski definition) is 3. The first-order chi connectivity index (χ1) is 11.2. The quantitative estimate of drug-likeness (QED) is 0.782. The lowest BCUT2D eigenvalue weighted by atomic mass is 10.2. The number of ether oxygens (including phenoxy) is 1. The van der Waals surface area contributed by atoms with E-state index in [-0.39, 0.29) is 5.91 Å². The summed E-state index contributed by atoms with van der Waals surface area (Å²) in [6.07, 6.45) is 1.64. The number of hydrogen-bond donors (Lipinski definition) is 1. The summed E-state index contributed by atoms with van der Waals surface area (Å²) in [5, 5.41) is 3.27. The van der Waals surface area contributed by atoms with Crippen molar-refractivity contribution < 1.29 is 9.53 Å². The van der Waals surface area contributed by atoms with E-state index in [1.807, 2.05) is 34.9 Å². The molecule has 1 amide bonds. The summed E-state index contributed by atoms with van der Waals surface area (Å²) in [6.45, 7) is 0.294. The maximum atomic E-state index is 12.5. The van der Waals surface area contributed by atoms with Gasteiger partial charge in [0.15, 0.2) is 5.69 Å². The molecule has 1 N–H and O–H groups in total. The summed E-state index contributed by atoms with van der Waals surface area (Å²) < 4.78 is 7.58. The minimum Gasteiger partial charge on any atom is -0.485 e. The highest BCUT2D eigenvalue weighted by Gasteiger charge is 2.24. The van der Waals surface area contributed by atoms with Gasteiger partial charge in [-0.05, 0) is 24.3 Å². The second-order valence-electron chi connectivity index (χ2n) is 5.10. The zero-order valence-corrected chi connectivity index (χ0v) is 12.7. The highest BCUT2D eigenvalue weighted by molar-refractivity contribution is 6.33. The Balaban J connectivity index is 1.69. The Hall–Kier alpha value is -2.79. The fourth-order valence-electron chi connectivity index (χ4n) is 2.58. The molecule has 2 heterocycles. The molecule has 3 aromatic rings. The zero-order valence-electron chi connectivity index (χ0n) is 12.0. The maximum absolute atomic E-state index is 12.5. The Kier molecular flexibility index (Phi) is 3.28. The van der Waals surface area contributed by atoms with Gasteiger partial charge < -0.3 is 10.1 Å². The molecule has 0 bridgehead atoms. The van der Waals surface area contributed by atoms with Crippen molar-refractivity contribution in [2.75, 3.05) is 5.32 Å². The molecule has 0 aliphatic carbocycles. The Bertz CT molecular complexity index is 904. The number of nitrogens with one attached hydrogen (secondary N) is 1. The molecule has 0 fully saturated rings. The molecule has 0 saturated heterocycles. The predicted octanol–water partition coefficient (Wildman–Crippen LogP) is 3.67. The van der Waals surface area contributed by atoms with Gasteiger partial charge in [0.05, 0.1) is 22.1 Å². The molecule has 23 heavy (non-hydrogen) atoms. The van der Waals surface area contributed by atoms with Gasteiger partial charge in [0.1, 0.15) is 18.7 Å². The Morgan fingerprint density at radius 1 is 1.17 bits per heavy atom. The van der Waals surface area contributed by atoms with E-state index in [1.54, 1.807) is 24.5 Å². The predicted molar refractivity (Wildman–Crippen MR) is 87.3 cm³/mol. The fourth-order valence-corrected chi connectivity index (χ4v) is 2.76. The Morgan fingerprint density at radius 3 is 2.83 bits per heavy atom. The highest BCUT2D eigenvalue weighted by atomic mass is 35.5. The number of carbonyl (C=O) groups excluding carboxylic acids is 1. The molecule has 2 aromatic carbocycles. The average Bonchev–Trinajstić information content (AvgIpc) is 3.01. The van der Waals surface area contributed by atoms with Gasteiger partial charge in [-0.1, -0.05) is 35.9 Å². The molecule has 5 nitrogen and oxygen atoms in total. The first-order valence-electron chi connectivity index (χ1n) is 7.08. The molecular formula is C17H12ClN3O2. The molecule has 1 aliphatic rings. The number of fused-ring (bicyclic) bond motifs is 3. The van der Waals surface area contributed by atoms with Gasteiger partial charge in [-0.15, -0.1) is 0 Å². The molecule has 4 rings (SSSR count). The van der Waals surface area contributed by atoms with E-state index in [1.165, 1.54) is 0 Å². The summed E-state index contributed by atoms with van der Waals surface area (Å²) in [7, 11) is 0. The van der Waals surface area contributed by atoms with Crippen LogP contribution in [-0.2, 0) is 6.61 Å². The van der Waals surface area contributed by atoms with Crippen molar-refractivity contribution in [2.45, 2.75) is 6.61 Å². The molecule has 6 heteroatoms. The number of halogens is 1. The number of anilines is 1. The SMILES string of the molecule is O=C(Nc1ccccc1Cl)c1ncn2c1COc1ccccc1-2. The molecular weight excluding hydrogens is 314 g/mol. The molecule has 0 spiro atoms. The van der Waals surface area contributed by atoms with Gasteiger partial charge in [0.2, 0.25) is 0 Å². The maximum Gasteiger partial charge on any atom is 0.276 e. The van der Waals surface area contributed by atoms with Gasteiger partial charge in [-0.25, -0.2) is 4.98 Å². The van der Waals surface area contributed by atoms with Crippen LogP contribution >= 0.6 is 11.6 Å². The Morgan fingerprint density at radius 2 is 1.96 bits per heavy atom. The van der Waals surface area contributed by atoms with E-state index in [0.717, 1.165) is 11.4 Å². The van der Waals surface area contributed by atoms with E-state index < -0.39 is 0 Å². The second kappa shape index (κ2) is 5.44. The van der Waals surface area contributed by atoms with Crippen molar-refractivity contribution in [1.29, 1.82) is 0 Å². The van der Waals surface area contributed by atoms with Crippen molar-refractivity contribution in [3.8, 4) is 11.4 Å². The molecule has 0 unspecified atom stereocenters. The van der Waals surface area contributed by atoms with Gasteiger partial charge in [-0.3, -0.25) is 9.36 Å². The van der Waals surface area contributed by atoms with Crippen LogP contribution in [-0.4, -0.2) is 15.5 Å². The standard InChI is InChI=1S/C17H12ClN3O2/c18-11-5-1-2-6-12(11)20-17(22)16-14-9-23-15-8-4-3-7-13(15)21(14)10-19-16/h1-8,10H,9H2,(H,20,22). The smallest absolute Gasteiger partial charge is 0.276 e. The minimum atomic E-state index is -0.310. The van der Waals surface area contributed by atoms with Crippen LogP contribution in [0.3, 0.4) is 0 Å². The van der Waals surface area contributed by atoms with E-state index in [0.29, 0.717) is 28.7 Å². The highest BCUT2D eigenvalue weighted by Crippen LogP contribution is 2.31. The zero-order chi connectivity index (χ0) is 15.8. The van der Waals surface area contributed by atoms with Gasteiger partial charge in [-0.2, -0.15) is 0 Å². The largest absolute Gasteiger partial charge is 0.485 e. The number of benzene rings is 2. The van der Waals surface area contributed by atoms with Crippen LogP contribution in [0.5, 0.6) is 5.75 Å². The number of amides is 1. The monoisotopic (exact) mass is 325 g/mol. The van der Waals surface area contributed by atoms with Crippen LogP contribution in [0.25, 0.3) is 5.69 Å².